The van der Waals surface area contributed by atoms with E-state index in [1.54, 1.807) is 11.3 Å². The highest BCUT2D eigenvalue weighted by Gasteiger charge is 2.06. The van der Waals surface area contributed by atoms with Crippen LogP contribution in [0.5, 0.6) is 0 Å². The molecule has 2 rings (SSSR count). The molecule has 1 heterocycles. The number of hydrogen-bond acceptors (Lipinski definition) is 3. The molecule has 2 aromatic rings. The molecule has 0 bridgehead atoms. The van der Waals surface area contributed by atoms with Gasteiger partial charge in [0.1, 0.15) is 0 Å². The molecule has 15 heavy (non-hydrogen) atoms. The number of hydrogen-bond donors (Lipinski definition) is 1. The molecule has 2 N–H and O–H groups in total. The van der Waals surface area contributed by atoms with Crippen molar-refractivity contribution in [2.75, 3.05) is 0 Å². The molecule has 78 valence electrons. The van der Waals surface area contributed by atoms with Gasteiger partial charge >= 0.3 is 0 Å². The van der Waals surface area contributed by atoms with Gasteiger partial charge < -0.3 is 0 Å². The molecule has 0 aliphatic heterocycles. The Bertz CT molecular complexity index is 442. The van der Waals surface area contributed by atoms with Crippen molar-refractivity contribution < 1.29 is 4.84 Å². The summed E-state index contributed by atoms with van der Waals surface area (Å²) in [6.07, 6.45) is 0. The summed E-state index contributed by atoms with van der Waals surface area (Å²) in [5, 5.41) is 4.82. The van der Waals surface area contributed by atoms with Gasteiger partial charge in [-0.1, -0.05) is 17.7 Å². The van der Waals surface area contributed by atoms with Crippen LogP contribution in [-0.2, 0) is 11.4 Å². The minimum Gasteiger partial charge on any atom is -0.300 e. The van der Waals surface area contributed by atoms with E-state index in [0.29, 0.717) is 11.6 Å². The van der Waals surface area contributed by atoms with Gasteiger partial charge in [0, 0.05) is 5.02 Å². The van der Waals surface area contributed by atoms with Crippen LogP contribution in [0, 0.1) is 0 Å². The molecule has 0 spiro atoms. The lowest BCUT2D eigenvalue weighted by atomic mass is 10.0. The normalized spacial score (nSPS) is 10.5. The maximum absolute atomic E-state index is 5.92. The maximum Gasteiger partial charge on any atom is 0.0936 e. The lowest BCUT2D eigenvalue weighted by Crippen LogP contribution is -2.00. The van der Waals surface area contributed by atoms with Crippen LogP contribution in [0.3, 0.4) is 0 Å². The van der Waals surface area contributed by atoms with Gasteiger partial charge in [-0.25, -0.2) is 5.90 Å². The van der Waals surface area contributed by atoms with Crippen LogP contribution >= 0.6 is 22.9 Å². The highest BCUT2D eigenvalue weighted by Crippen LogP contribution is 2.28. The minimum atomic E-state index is 0.367. The number of benzene rings is 1. The lowest BCUT2D eigenvalue weighted by molar-refractivity contribution is 0.124. The number of rotatable bonds is 3. The van der Waals surface area contributed by atoms with Gasteiger partial charge in [-0.2, -0.15) is 11.3 Å². The van der Waals surface area contributed by atoms with Gasteiger partial charge in [0.2, 0.25) is 0 Å². The first-order valence-corrected chi connectivity index (χ1v) is 5.76. The van der Waals surface area contributed by atoms with Crippen molar-refractivity contribution in [3.63, 3.8) is 0 Å². The summed E-state index contributed by atoms with van der Waals surface area (Å²) in [5.74, 6) is 5.09. The molecule has 2 nitrogen and oxygen atoms in total. The highest BCUT2D eigenvalue weighted by molar-refractivity contribution is 7.08. The average Bonchev–Trinajstić information content (AvgIpc) is 2.71. The third-order valence-electron chi connectivity index (χ3n) is 2.14. The van der Waals surface area contributed by atoms with Gasteiger partial charge in [-0.05, 0) is 45.6 Å². The summed E-state index contributed by atoms with van der Waals surface area (Å²) in [6.45, 7) is 0.367. The first-order valence-electron chi connectivity index (χ1n) is 4.44. The van der Waals surface area contributed by atoms with Crippen LogP contribution in [0.15, 0.2) is 35.0 Å². The van der Waals surface area contributed by atoms with Crippen molar-refractivity contribution in [2.24, 2.45) is 5.90 Å². The standard InChI is InChI=1S/C11H10ClNOS/c12-10-1-2-11(8-3-4-15-7-8)9(5-10)6-14-13/h1-5,7H,6,13H2. The van der Waals surface area contributed by atoms with Gasteiger partial charge in [-0.3, -0.25) is 4.84 Å². The van der Waals surface area contributed by atoms with Crippen LogP contribution in [0.2, 0.25) is 5.02 Å². The van der Waals surface area contributed by atoms with Crippen LogP contribution in [0.4, 0.5) is 0 Å². The highest BCUT2D eigenvalue weighted by atomic mass is 35.5. The Morgan fingerprint density at radius 2 is 2.20 bits per heavy atom. The van der Waals surface area contributed by atoms with Crippen molar-refractivity contribution in [2.45, 2.75) is 6.61 Å². The van der Waals surface area contributed by atoms with E-state index in [4.69, 9.17) is 17.5 Å². The summed E-state index contributed by atoms with van der Waals surface area (Å²) in [5.41, 5.74) is 3.29. The Kier molecular flexibility index (Phi) is 3.38. The Labute approximate surface area is 97.2 Å². The molecule has 0 amide bonds. The Morgan fingerprint density at radius 3 is 2.87 bits per heavy atom. The summed E-state index contributed by atoms with van der Waals surface area (Å²) in [4.78, 5) is 4.67. The largest absolute Gasteiger partial charge is 0.300 e. The smallest absolute Gasteiger partial charge is 0.0936 e. The third kappa shape index (κ3) is 2.38. The molecule has 4 heteroatoms. The average molecular weight is 240 g/mol. The molecule has 0 saturated heterocycles. The van der Waals surface area contributed by atoms with Crippen LogP contribution < -0.4 is 5.90 Å². The van der Waals surface area contributed by atoms with E-state index in [1.165, 1.54) is 5.56 Å². The number of thiophene rings is 1. The molecular formula is C11H10ClNOS. The van der Waals surface area contributed by atoms with Crippen molar-refractivity contribution in [1.29, 1.82) is 0 Å². The summed E-state index contributed by atoms with van der Waals surface area (Å²) in [6, 6.07) is 7.79. The predicted molar refractivity (Wildman–Crippen MR) is 63.7 cm³/mol. The van der Waals surface area contributed by atoms with E-state index in [-0.39, 0.29) is 0 Å². The van der Waals surface area contributed by atoms with Gasteiger partial charge in [0.15, 0.2) is 0 Å². The van der Waals surface area contributed by atoms with Gasteiger partial charge in [0.05, 0.1) is 6.61 Å². The summed E-state index contributed by atoms with van der Waals surface area (Å²) < 4.78 is 0. The zero-order chi connectivity index (χ0) is 10.7. The molecule has 0 aliphatic carbocycles. The molecule has 0 saturated carbocycles. The Balaban J connectivity index is 2.46. The summed E-state index contributed by atoms with van der Waals surface area (Å²) >= 11 is 7.58. The molecular weight excluding hydrogens is 230 g/mol. The van der Waals surface area contributed by atoms with E-state index < -0.39 is 0 Å². The SMILES string of the molecule is NOCc1cc(Cl)ccc1-c1ccsc1. The van der Waals surface area contributed by atoms with E-state index in [1.807, 2.05) is 23.6 Å². The van der Waals surface area contributed by atoms with Crippen molar-refractivity contribution >= 4 is 22.9 Å². The number of halogens is 1. The van der Waals surface area contributed by atoms with Crippen molar-refractivity contribution in [3.05, 3.63) is 45.6 Å². The topological polar surface area (TPSA) is 35.2 Å². The Hall–Kier alpha value is -0.870. The van der Waals surface area contributed by atoms with Gasteiger partial charge in [-0.15, -0.1) is 0 Å². The molecule has 0 radical (unpaired) electrons. The van der Waals surface area contributed by atoms with E-state index in [0.717, 1.165) is 11.1 Å². The fourth-order valence-electron chi connectivity index (χ4n) is 1.47. The van der Waals surface area contributed by atoms with Crippen molar-refractivity contribution in [1.82, 2.24) is 0 Å². The van der Waals surface area contributed by atoms with Crippen LogP contribution in [-0.4, -0.2) is 0 Å². The molecule has 0 unspecified atom stereocenters. The molecule has 1 aromatic carbocycles. The van der Waals surface area contributed by atoms with E-state index in [2.05, 4.69) is 16.3 Å². The second kappa shape index (κ2) is 4.77. The number of nitrogens with two attached hydrogens (primary N) is 1. The summed E-state index contributed by atoms with van der Waals surface area (Å²) in [7, 11) is 0. The third-order valence-corrected chi connectivity index (χ3v) is 3.06. The molecule has 1 aromatic heterocycles. The first kappa shape index (κ1) is 10.6. The molecule has 0 aliphatic rings. The molecule has 0 fully saturated rings. The first-order chi connectivity index (χ1) is 7.31. The zero-order valence-corrected chi connectivity index (χ0v) is 9.52. The van der Waals surface area contributed by atoms with Crippen molar-refractivity contribution in [3.8, 4) is 11.1 Å². The van der Waals surface area contributed by atoms with E-state index in [9.17, 15) is 0 Å². The van der Waals surface area contributed by atoms with Crippen LogP contribution in [0.25, 0.3) is 11.1 Å². The zero-order valence-electron chi connectivity index (χ0n) is 7.94. The minimum absolute atomic E-state index is 0.367. The van der Waals surface area contributed by atoms with Crippen LogP contribution in [0.1, 0.15) is 5.56 Å². The monoisotopic (exact) mass is 239 g/mol. The lowest BCUT2D eigenvalue weighted by Gasteiger charge is -2.07. The maximum atomic E-state index is 5.92. The quantitative estimate of drug-likeness (QED) is 0.833. The van der Waals surface area contributed by atoms with Gasteiger partial charge in [0.25, 0.3) is 0 Å². The van der Waals surface area contributed by atoms with E-state index >= 15 is 0 Å². The Morgan fingerprint density at radius 1 is 1.33 bits per heavy atom. The second-order valence-electron chi connectivity index (χ2n) is 3.12. The predicted octanol–water partition coefficient (Wildman–Crippen LogP) is 3.46. The molecule has 0 atom stereocenters. The fraction of sp³-hybridized carbons (Fsp3) is 0.0909. The fourth-order valence-corrected chi connectivity index (χ4v) is 2.32. The second-order valence-corrected chi connectivity index (χ2v) is 4.34.